The topological polar surface area (TPSA) is 79.8 Å². The molecule has 14 heteroatoms. The molecule has 34 heavy (non-hydrogen) atoms. The van der Waals surface area contributed by atoms with Crippen LogP contribution in [0, 0.1) is 0 Å². The van der Waals surface area contributed by atoms with E-state index in [1.165, 1.54) is 11.4 Å². The quantitative estimate of drug-likeness (QED) is 0.139. The molecule has 1 heterocycles. The van der Waals surface area contributed by atoms with Crippen molar-refractivity contribution in [1.29, 1.82) is 0 Å². The van der Waals surface area contributed by atoms with Crippen LogP contribution in [0.1, 0.15) is 39.8 Å². The van der Waals surface area contributed by atoms with E-state index < -0.39 is 13.3 Å². The Balaban J connectivity index is 2.48. The maximum Gasteiger partial charge on any atom is 0.401 e. The van der Waals surface area contributed by atoms with Crippen LogP contribution in [0.25, 0.3) is 11.4 Å². The second kappa shape index (κ2) is 15.6. The molecule has 0 bridgehead atoms. The Hall–Kier alpha value is 0.360. The van der Waals surface area contributed by atoms with E-state index in [0.717, 1.165) is 36.3 Å². The molecule has 0 aliphatic rings. The van der Waals surface area contributed by atoms with Crippen LogP contribution in [-0.2, 0) is 40.0 Å². The van der Waals surface area contributed by atoms with E-state index in [1.54, 1.807) is 30.3 Å². The number of hydrogen-bond donors (Lipinski definition) is 0. The van der Waals surface area contributed by atoms with Crippen LogP contribution in [0.4, 0.5) is 0 Å². The number of benzene rings is 1. The van der Waals surface area contributed by atoms with Crippen molar-refractivity contribution in [1.82, 2.24) is 9.97 Å². The lowest BCUT2D eigenvalue weighted by atomic mass is 10.2. The first-order chi connectivity index (χ1) is 16.3. The minimum Gasteiger partial charge on any atom is -0.322 e. The van der Waals surface area contributed by atoms with Gasteiger partial charge >= 0.3 is 7.60 Å². The smallest absolute Gasteiger partial charge is 0.322 e. The van der Waals surface area contributed by atoms with E-state index in [2.05, 4.69) is 16.9 Å². The van der Waals surface area contributed by atoms with Gasteiger partial charge in [-0.1, -0.05) is 43.8 Å². The maximum atomic E-state index is 13.7. The first-order valence-corrected chi connectivity index (χ1v) is 18.7. The second-order valence-corrected chi connectivity index (χ2v) is 17.6. The Morgan fingerprint density at radius 3 is 2.21 bits per heavy atom. The van der Waals surface area contributed by atoms with Crippen molar-refractivity contribution in [2.45, 2.75) is 40.7 Å². The van der Waals surface area contributed by atoms with Crippen molar-refractivity contribution in [3.63, 3.8) is 0 Å². The summed E-state index contributed by atoms with van der Waals surface area (Å²) in [6.07, 6.45) is 0.958. The molecule has 0 radical (unpaired) electrons. The van der Waals surface area contributed by atoms with Gasteiger partial charge in [-0.2, -0.15) is 0 Å². The molecule has 0 N–H and O–H groups in total. The SMILES string of the molecule is CCCS[P@@](=S)(OCC)OCc1cc(P(=O)(OSCC)OSCC)nc(-c2ccc(Cl)cc2)n1. The molecule has 0 spiro atoms. The molecule has 0 aliphatic heterocycles. The Morgan fingerprint density at radius 2 is 1.65 bits per heavy atom. The van der Waals surface area contributed by atoms with Gasteiger partial charge in [0, 0.05) is 51.9 Å². The summed E-state index contributed by atoms with van der Waals surface area (Å²) in [4.78, 5) is 9.17. The third-order valence-corrected chi connectivity index (χ3v) is 13.4. The number of nitrogens with zero attached hydrogens (tertiary/aromatic N) is 2. The van der Waals surface area contributed by atoms with Crippen LogP contribution in [0.3, 0.4) is 0 Å². The third-order valence-electron chi connectivity index (χ3n) is 3.80. The minimum absolute atomic E-state index is 0.0753. The van der Waals surface area contributed by atoms with Crippen LogP contribution in [0.15, 0.2) is 30.3 Å². The molecule has 190 valence electrons. The zero-order valence-electron chi connectivity index (χ0n) is 19.5. The summed E-state index contributed by atoms with van der Waals surface area (Å²) >= 11 is 15.4. The van der Waals surface area contributed by atoms with Crippen molar-refractivity contribution in [3.8, 4) is 11.4 Å². The van der Waals surface area contributed by atoms with Gasteiger partial charge in [-0.05, 0) is 55.5 Å². The van der Waals surface area contributed by atoms with Crippen LogP contribution in [0.2, 0.25) is 5.02 Å². The van der Waals surface area contributed by atoms with Gasteiger partial charge in [0.15, 0.2) is 11.3 Å². The predicted octanol–water partition coefficient (Wildman–Crippen LogP) is 7.91. The zero-order chi connectivity index (χ0) is 25.0. The largest absolute Gasteiger partial charge is 0.401 e. The molecule has 1 aromatic carbocycles. The number of hydrogen-bond acceptors (Lipinski definition) is 11. The van der Waals surface area contributed by atoms with Gasteiger partial charge in [0.25, 0.3) is 0 Å². The third kappa shape index (κ3) is 9.67. The highest BCUT2D eigenvalue weighted by Gasteiger charge is 2.33. The van der Waals surface area contributed by atoms with Gasteiger partial charge < -0.3 is 9.05 Å². The highest BCUT2D eigenvalue weighted by Crippen LogP contribution is 2.61. The summed E-state index contributed by atoms with van der Waals surface area (Å²) in [5.41, 5.74) is -1.20. The molecule has 7 nitrogen and oxygen atoms in total. The predicted molar refractivity (Wildman–Crippen MR) is 152 cm³/mol. The van der Waals surface area contributed by atoms with Crippen LogP contribution < -0.4 is 5.44 Å². The van der Waals surface area contributed by atoms with E-state index >= 15 is 0 Å². The molecule has 0 unspecified atom stereocenters. The first kappa shape index (κ1) is 30.6. The lowest BCUT2D eigenvalue weighted by molar-refractivity contribution is 0.259. The monoisotopic (exact) mass is 602 g/mol. The van der Waals surface area contributed by atoms with Crippen LogP contribution in [-0.4, -0.2) is 33.8 Å². The normalized spacial score (nSPS) is 13.7. The molecule has 1 aromatic heterocycles. The molecule has 0 aliphatic carbocycles. The van der Waals surface area contributed by atoms with E-state index in [4.69, 9.17) is 40.4 Å². The summed E-state index contributed by atoms with van der Waals surface area (Å²) in [6.45, 7) is 8.29. The summed E-state index contributed by atoms with van der Waals surface area (Å²) in [7, 11) is -3.74. The van der Waals surface area contributed by atoms with Crippen molar-refractivity contribution >= 4 is 77.6 Å². The average molecular weight is 603 g/mol. The Morgan fingerprint density at radius 1 is 1.00 bits per heavy atom. The highest BCUT2D eigenvalue weighted by atomic mass is 35.5. The number of aromatic nitrogens is 2. The van der Waals surface area contributed by atoms with Gasteiger partial charge in [0.05, 0.1) is 18.9 Å². The molecule has 0 saturated heterocycles. The fourth-order valence-corrected chi connectivity index (χ4v) is 10.4. The molecule has 0 saturated carbocycles. The van der Waals surface area contributed by atoms with E-state index in [-0.39, 0.29) is 12.0 Å². The Kier molecular flexibility index (Phi) is 14.0. The summed E-state index contributed by atoms with van der Waals surface area (Å²) in [5.74, 6) is 2.39. The molecule has 2 rings (SSSR count). The molecule has 0 fully saturated rings. The zero-order valence-corrected chi connectivity index (χ0v) is 25.3. The molecule has 2 aromatic rings. The number of rotatable bonds is 16. The minimum atomic E-state index is -3.74. The van der Waals surface area contributed by atoms with Crippen LogP contribution >= 0.6 is 60.4 Å². The van der Waals surface area contributed by atoms with Gasteiger partial charge in [0.2, 0.25) is 5.69 Å². The maximum absolute atomic E-state index is 13.7. The van der Waals surface area contributed by atoms with Crippen molar-refractivity contribution in [2.75, 3.05) is 23.9 Å². The average Bonchev–Trinajstić information content (AvgIpc) is 2.84. The van der Waals surface area contributed by atoms with Gasteiger partial charge in [-0.15, -0.1) is 0 Å². The standard InChI is InChI=1S/C20H29ClN2O5P2S4/c1-5-13-34-30(31,25-6-2)26-15-18-14-19(29(24,27-32-7-3)28-33-8-4)23-20(22-18)16-9-11-17(21)12-10-16/h9-12,14H,5-8,13,15H2,1-4H3/t30-/m0/s1. The summed E-state index contributed by atoms with van der Waals surface area (Å²) < 4.78 is 36.7. The van der Waals surface area contributed by atoms with Gasteiger partial charge in [-0.25, -0.2) is 17.9 Å². The van der Waals surface area contributed by atoms with Gasteiger partial charge in [-0.3, -0.25) is 4.57 Å². The van der Waals surface area contributed by atoms with E-state index in [1.807, 2.05) is 20.8 Å². The first-order valence-electron chi connectivity index (χ1n) is 10.7. The van der Waals surface area contributed by atoms with Crippen molar-refractivity contribution < 1.29 is 21.6 Å². The van der Waals surface area contributed by atoms with E-state index in [9.17, 15) is 4.57 Å². The second-order valence-electron chi connectivity index (χ2n) is 6.48. The Labute approximate surface area is 225 Å². The fraction of sp³-hybridized carbons (Fsp3) is 0.500. The highest BCUT2D eigenvalue weighted by molar-refractivity contribution is 8.67. The Bertz CT molecular complexity index is 991. The van der Waals surface area contributed by atoms with Crippen molar-refractivity contribution in [3.05, 3.63) is 41.0 Å². The fourth-order valence-electron chi connectivity index (χ4n) is 2.38. The van der Waals surface area contributed by atoms with E-state index in [0.29, 0.717) is 40.2 Å². The molecule has 1 atom stereocenters. The van der Waals surface area contributed by atoms with Crippen molar-refractivity contribution in [2.24, 2.45) is 0 Å². The molecular weight excluding hydrogens is 574 g/mol. The number of halogens is 1. The summed E-state index contributed by atoms with van der Waals surface area (Å²) in [5, 5.41) is 0.588. The van der Waals surface area contributed by atoms with Gasteiger partial charge in [0.1, 0.15) is 0 Å². The molecular formula is C20H29ClN2O5P2S4. The lowest BCUT2D eigenvalue weighted by Crippen LogP contribution is -2.16. The van der Waals surface area contributed by atoms with Crippen LogP contribution in [0.5, 0.6) is 0 Å². The lowest BCUT2D eigenvalue weighted by Gasteiger charge is -2.21. The summed E-state index contributed by atoms with van der Waals surface area (Å²) in [6, 6.07) is 8.66. The molecule has 0 amide bonds.